The Morgan fingerprint density at radius 3 is 2.42 bits per heavy atom. The predicted octanol–water partition coefficient (Wildman–Crippen LogP) is 1.01. The van der Waals surface area contributed by atoms with E-state index in [4.69, 9.17) is 0 Å². The average Bonchev–Trinajstić information content (AvgIpc) is 2.16. The molecule has 0 amide bonds. The highest BCUT2D eigenvalue weighted by molar-refractivity contribution is 5.78. The summed E-state index contributed by atoms with van der Waals surface area (Å²) in [5.74, 6) is 0.820. The molecule has 3 N–H and O–H groups in total. The van der Waals surface area contributed by atoms with Crippen molar-refractivity contribution in [2.24, 2.45) is 0 Å². The van der Waals surface area contributed by atoms with E-state index in [0.29, 0.717) is 0 Å². The maximum absolute atomic E-state index is 4.11. The van der Waals surface area contributed by atoms with E-state index in [1.165, 1.54) is 0 Å². The lowest BCUT2D eigenvalue weighted by Crippen LogP contribution is -2.03. The first-order valence-corrected chi connectivity index (χ1v) is 3.77. The molecule has 1 rings (SSSR count). The SMILES string of the molecule is CNc1[c]cnc(NC)c1NC. The van der Waals surface area contributed by atoms with Gasteiger partial charge in [0.05, 0.1) is 5.69 Å². The topological polar surface area (TPSA) is 49.0 Å². The minimum Gasteiger partial charge on any atom is -0.386 e. The maximum Gasteiger partial charge on any atom is 0.151 e. The molecule has 0 spiro atoms. The van der Waals surface area contributed by atoms with Gasteiger partial charge < -0.3 is 16.0 Å². The highest BCUT2D eigenvalue weighted by atomic mass is 15.0. The molecule has 4 nitrogen and oxygen atoms in total. The number of hydrogen-bond donors (Lipinski definition) is 3. The second kappa shape index (κ2) is 3.80. The Morgan fingerprint density at radius 1 is 1.17 bits per heavy atom. The maximum atomic E-state index is 4.11. The van der Waals surface area contributed by atoms with Gasteiger partial charge in [-0.05, 0) is 0 Å². The lowest BCUT2D eigenvalue weighted by molar-refractivity contribution is 1.26. The van der Waals surface area contributed by atoms with E-state index in [9.17, 15) is 0 Å². The summed E-state index contributed by atoms with van der Waals surface area (Å²) in [5.41, 5.74) is 1.85. The summed E-state index contributed by atoms with van der Waals surface area (Å²) in [6.07, 6.45) is 1.64. The van der Waals surface area contributed by atoms with Crippen LogP contribution < -0.4 is 16.0 Å². The van der Waals surface area contributed by atoms with Crippen molar-refractivity contribution in [3.63, 3.8) is 0 Å². The van der Waals surface area contributed by atoms with Gasteiger partial charge in [0.25, 0.3) is 0 Å². The standard InChI is InChI=1S/C8H13N4/c1-9-6-4-5-12-8(11-3)7(6)10-2/h5,10H,1-3H3,(H2,9,11,12). The smallest absolute Gasteiger partial charge is 0.151 e. The molecule has 0 bridgehead atoms. The largest absolute Gasteiger partial charge is 0.386 e. The van der Waals surface area contributed by atoms with Crippen LogP contribution in [0.4, 0.5) is 17.2 Å². The summed E-state index contributed by atoms with van der Waals surface area (Å²) >= 11 is 0. The second-order valence-electron chi connectivity index (χ2n) is 2.25. The lowest BCUT2D eigenvalue weighted by atomic mass is 10.3. The van der Waals surface area contributed by atoms with Crippen LogP contribution in [-0.4, -0.2) is 26.1 Å². The predicted molar refractivity (Wildman–Crippen MR) is 51.7 cm³/mol. The molecule has 0 aliphatic carbocycles. The normalized spacial score (nSPS) is 9.25. The molecule has 1 radical (unpaired) electrons. The van der Waals surface area contributed by atoms with Crippen LogP contribution in [0, 0.1) is 6.07 Å². The second-order valence-corrected chi connectivity index (χ2v) is 2.25. The van der Waals surface area contributed by atoms with Gasteiger partial charge in [0.15, 0.2) is 5.82 Å². The van der Waals surface area contributed by atoms with Gasteiger partial charge in [-0.15, -0.1) is 0 Å². The van der Waals surface area contributed by atoms with Crippen molar-refractivity contribution in [3.05, 3.63) is 12.3 Å². The zero-order valence-electron chi connectivity index (χ0n) is 7.52. The molecular formula is C8H13N4. The quantitative estimate of drug-likeness (QED) is 0.625. The Morgan fingerprint density at radius 2 is 1.92 bits per heavy atom. The Balaban J connectivity index is 3.13. The molecule has 0 saturated heterocycles. The monoisotopic (exact) mass is 165 g/mol. The minimum atomic E-state index is 0.820. The van der Waals surface area contributed by atoms with E-state index in [2.05, 4.69) is 27.0 Å². The van der Waals surface area contributed by atoms with Crippen LogP contribution in [0.3, 0.4) is 0 Å². The van der Waals surface area contributed by atoms with E-state index >= 15 is 0 Å². The van der Waals surface area contributed by atoms with Crippen LogP contribution in [0.15, 0.2) is 6.20 Å². The van der Waals surface area contributed by atoms with E-state index in [-0.39, 0.29) is 0 Å². The van der Waals surface area contributed by atoms with E-state index in [0.717, 1.165) is 17.2 Å². The van der Waals surface area contributed by atoms with Gasteiger partial charge in [0.1, 0.15) is 5.69 Å². The molecule has 0 unspecified atom stereocenters. The number of nitrogens with one attached hydrogen (secondary N) is 3. The fourth-order valence-corrected chi connectivity index (χ4v) is 1.05. The van der Waals surface area contributed by atoms with E-state index < -0.39 is 0 Å². The molecule has 0 aliphatic heterocycles. The summed E-state index contributed by atoms with van der Waals surface area (Å²) in [7, 11) is 5.54. The van der Waals surface area contributed by atoms with Gasteiger partial charge in [-0.25, -0.2) is 4.98 Å². The van der Waals surface area contributed by atoms with Gasteiger partial charge in [-0.2, -0.15) is 0 Å². The van der Waals surface area contributed by atoms with Gasteiger partial charge in [0, 0.05) is 33.4 Å². The number of pyridine rings is 1. The van der Waals surface area contributed by atoms with Crippen LogP contribution in [-0.2, 0) is 0 Å². The first kappa shape index (κ1) is 8.64. The molecule has 1 aromatic rings. The summed E-state index contributed by atoms with van der Waals surface area (Å²) in [6, 6.07) is 2.99. The Kier molecular flexibility index (Phi) is 2.74. The molecule has 12 heavy (non-hydrogen) atoms. The Bertz CT molecular complexity index is 237. The number of rotatable bonds is 3. The molecule has 0 aromatic carbocycles. The molecule has 1 aromatic heterocycles. The summed E-state index contributed by atoms with van der Waals surface area (Å²) in [5, 5.41) is 9.06. The molecule has 4 heteroatoms. The van der Waals surface area contributed by atoms with Crippen molar-refractivity contribution < 1.29 is 0 Å². The van der Waals surface area contributed by atoms with Crippen molar-refractivity contribution in [1.82, 2.24) is 4.98 Å². The number of nitrogens with zero attached hydrogens (tertiary/aromatic N) is 1. The molecule has 0 atom stereocenters. The molecule has 65 valence electrons. The van der Waals surface area contributed by atoms with E-state index in [1.54, 1.807) is 6.20 Å². The highest BCUT2D eigenvalue weighted by Gasteiger charge is 2.04. The number of aromatic nitrogens is 1. The van der Waals surface area contributed by atoms with Crippen molar-refractivity contribution in [2.75, 3.05) is 37.1 Å². The van der Waals surface area contributed by atoms with Crippen molar-refractivity contribution in [1.29, 1.82) is 0 Å². The van der Waals surface area contributed by atoms with Crippen LogP contribution in [0.1, 0.15) is 0 Å². The van der Waals surface area contributed by atoms with Crippen molar-refractivity contribution in [2.45, 2.75) is 0 Å². The molecule has 0 saturated carbocycles. The van der Waals surface area contributed by atoms with Crippen LogP contribution >= 0.6 is 0 Å². The number of hydrogen-bond acceptors (Lipinski definition) is 4. The highest BCUT2D eigenvalue weighted by Crippen LogP contribution is 2.26. The van der Waals surface area contributed by atoms with Crippen LogP contribution in [0.5, 0.6) is 0 Å². The molecular weight excluding hydrogens is 152 g/mol. The van der Waals surface area contributed by atoms with Crippen molar-refractivity contribution in [3.8, 4) is 0 Å². The van der Waals surface area contributed by atoms with Crippen LogP contribution in [0.25, 0.3) is 0 Å². The van der Waals surface area contributed by atoms with Gasteiger partial charge >= 0.3 is 0 Å². The van der Waals surface area contributed by atoms with E-state index in [1.807, 2.05) is 21.1 Å². The minimum absolute atomic E-state index is 0.820. The number of anilines is 3. The van der Waals surface area contributed by atoms with Crippen LogP contribution in [0.2, 0.25) is 0 Å². The Hall–Kier alpha value is -1.45. The average molecular weight is 165 g/mol. The zero-order valence-corrected chi connectivity index (χ0v) is 7.52. The van der Waals surface area contributed by atoms with Crippen molar-refractivity contribution >= 4 is 17.2 Å². The van der Waals surface area contributed by atoms with Gasteiger partial charge in [-0.1, -0.05) is 0 Å². The Labute approximate surface area is 72.4 Å². The zero-order chi connectivity index (χ0) is 8.97. The third-order valence-corrected chi connectivity index (χ3v) is 1.63. The summed E-state index contributed by atoms with van der Waals surface area (Å²) in [4.78, 5) is 4.11. The molecule has 0 fully saturated rings. The summed E-state index contributed by atoms with van der Waals surface area (Å²) in [6.45, 7) is 0. The molecule has 0 aliphatic rings. The first-order valence-electron chi connectivity index (χ1n) is 3.77. The molecule has 1 heterocycles. The van der Waals surface area contributed by atoms with Gasteiger partial charge in [0.2, 0.25) is 0 Å². The third kappa shape index (κ3) is 1.42. The fourth-order valence-electron chi connectivity index (χ4n) is 1.05. The lowest BCUT2D eigenvalue weighted by Gasteiger charge is -2.11. The fraction of sp³-hybridized carbons (Fsp3) is 0.375. The third-order valence-electron chi connectivity index (χ3n) is 1.63. The van der Waals surface area contributed by atoms with Gasteiger partial charge in [-0.3, -0.25) is 0 Å². The summed E-state index contributed by atoms with van der Waals surface area (Å²) < 4.78 is 0. The first-order chi connectivity index (χ1) is 5.83.